The summed E-state index contributed by atoms with van der Waals surface area (Å²) in [5.41, 5.74) is 2.73. The van der Waals surface area contributed by atoms with Crippen molar-refractivity contribution in [3.63, 3.8) is 0 Å². The second kappa shape index (κ2) is 6.25. The molecule has 0 bridgehead atoms. The lowest BCUT2D eigenvalue weighted by Gasteiger charge is -2.09. The molecule has 0 aliphatic carbocycles. The van der Waals surface area contributed by atoms with Crippen molar-refractivity contribution < 1.29 is 4.79 Å². The van der Waals surface area contributed by atoms with Gasteiger partial charge in [0.1, 0.15) is 0 Å². The zero-order valence-electron chi connectivity index (χ0n) is 10.6. The smallest absolute Gasteiger partial charge is 0.243 e. The fourth-order valence-electron chi connectivity index (χ4n) is 1.61. The molecule has 2 aromatic rings. The van der Waals surface area contributed by atoms with Gasteiger partial charge < -0.3 is 10.6 Å². The van der Waals surface area contributed by atoms with Crippen LogP contribution < -0.4 is 10.6 Å². The number of hydrogen-bond donors (Lipinski definition) is 2. The van der Waals surface area contributed by atoms with Gasteiger partial charge >= 0.3 is 0 Å². The lowest BCUT2D eigenvalue weighted by atomic mass is 10.2. The van der Waals surface area contributed by atoms with Gasteiger partial charge in [-0.15, -0.1) is 0 Å². The maximum atomic E-state index is 11.8. The Hall–Kier alpha value is -2.00. The largest absolute Gasteiger partial charge is 0.376 e. The van der Waals surface area contributed by atoms with Gasteiger partial charge in [-0.3, -0.25) is 4.79 Å². The summed E-state index contributed by atoms with van der Waals surface area (Å²) in [6.07, 6.45) is 0. The molecule has 0 aliphatic rings. The first-order chi connectivity index (χ1) is 9.15. The number of para-hydroxylation sites is 1. The molecule has 0 unspecified atom stereocenters. The van der Waals surface area contributed by atoms with E-state index in [4.69, 9.17) is 11.6 Å². The molecule has 2 N–H and O–H groups in total. The van der Waals surface area contributed by atoms with Crippen LogP contribution in [0.1, 0.15) is 5.56 Å². The SMILES string of the molecule is Cc1ccc(NCC(=O)Nc2ccccc2Cl)cc1. The van der Waals surface area contributed by atoms with E-state index in [2.05, 4.69) is 10.6 Å². The Morgan fingerprint density at radius 1 is 1.11 bits per heavy atom. The highest BCUT2D eigenvalue weighted by Gasteiger charge is 2.04. The second-order valence-corrected chi connectivity index (χ2v) is 4.65. The molecule has 1 amide bonds. The number of amides is 1. The predicted octanol–water partition coefficient (Wildman–Crippen LogP) is 3.70. The Labute approximate surface area is 117 Å². The van der Waals surface area contributed by atoms with E-state index in [1.54, 1.807) is 12.1 Å². The standard InChI is InChI=1S/C15H15ClN2O/c1-11-6-8-12(9-7-11)17-10-15(19)18-14-5-3-2-4-13(14)16/h2-9,17H,10H2,1H3,(H,18,19). The summed E-state index contributed by atoms with van der Waals surface area (Å²) in [5.74, 6) is -0.131. The molecule has 4 heteroatoms. The highest BCUT2D eigenvalue weighted by Crippen LogP contribution is 2.20. The topological polar surface area (TPSA) is 41.1 Å². The molecule has 0 radical (unpaired) electrons. The molecule has 0 fully saturated rings. The minimum Gasteiger partial charge on any atom is -0.376 e. The van der Waals surface area contributed by atoms with Crippen molar-refractivity contribution in [2.24, 2.45) is 0 Å². The molecule has 2 aromatic carbocycles. The molecule has 0 aromatic heterocycles. The van der Waals surface area contributed by atoms with Gasteiger partial charge in [0.25, 0.3) is 0 Å². The number of carbonyl (C=O) groups excluding carboxylic acids is 1. The van der Waals surface area contributed by atoms with E-state index in [1.807, 2.05) is 43.3 Å². The second-order valence-electron chi connectivity index (χ2n) is 4.25. The minimum absolute atomic E-state index is 0.131. The van der Waals surface area contributed by atoms with Gasteiger partial charge in [-0.2, -0.15) is 0 Å². The van der Waals surface area contributed by atoms with E-state index in [-0.39, 0.29) is 12.5 Å². The molecule has 0 atom stereocenters. The van der Waals surface area contributed by atoms with Crippen molar-refractivity contribution in [1.82, 2.24) is 0 Å². The van der Waals surface area contributed by atoms with Gasteiger partial charge in [-0.05, 0) is 31.2 Å². The molecule has 0 saturated carbocycles. The third-order valence-corrected chi connectivity index (χ3v) is 2.98. The molecule has 2 rings (SSSR count). The number of nitrogens with one attached hydrogen (secondary N) is 2. The number of carbonyl (C=O) groups is 1. The quantitative estimate of drug-likeness (QED) is 0.893. The Morgan fingerprint density at radius 2 is 1.79 bits per heavy atom. The molecular weight excluding hydrogens is 260 g/mol. The number of benzene rings is 2. The Morgan fingerprint density at radius 3 is 2.47 bits per heavy atom. The average molecular weight is 275 g/mol. The van der Waals surface area contributed by atoms with E-state index in [9.17, 15) is 4.79 Å². The number of hydrogen-bond acceptors (Lipinski definition) is 2. The summed E-state index contributed by atoms with van der Waals surface area (Å²) >= 11 is 5.97. The number of rotatable bonds is 4. The van der Waals surface area contributed by atoms with Crippen molar-refractivity contribution in [3.8, 4) is 0 Å². The predicted molar refractivity (Wildman–Crippen MR) is 79.8 cm³/mol. The van der Waals surface area contributed by atoms with Crippen LogP contribution in [0.5, 0.6) is 0 Å². The summed E-state index contributed by atoms with van der Waals surface area (Å²) in [7, 11) is 0. The summed E-state index contributed by atoms with van der Waals surface area (Å²) < 4.78 is 0. The van der Waals surface area contributed by atoms with Crippen molar-refractivity contribution in [2.75, 3.05) is 17.2 Å². The molecule has 0 saturated heterocycles. The van der Waals surface area contributed by atoms with Gasteiger partial charge in [-0.25, -0.2) is 0 Å². The van der Waals surface area contributed by atoms with Crippen LogP contribution in [0.3, 0.4) is 0 Å². The third-order valence-electron chi connectivity index (χ3n) is 2.65. The Kier molecular flexibility index (Phi) is 4.42. The van der Waals surface area contributed by atoms with Crippen LogP contribution in [0.25, 0.3) is 0 Å². The van der Waals surface area contributed by atoms with Crippen LogP contribution in [-0.2, 0) is 4.79 Å². The van der Waals surface area contributed by atoms with Crippen LogP contribution in [0, 0.1) is 6.92 Å². The van der Waals surface area contributed by atoms with E-state index in [1.165, 1.54) is 5.56 Å². The van der Waals surface area contributed by atoms with Crippen LogP contribution in [-0.4, -0.2) is 12.5 Å². The molecule has 0 spiro atoms. The monoisotopic (exact) mass is 274 g/mol. The first-order valence-corrected chi connectivity index (χ1v) is 6.38. The third kappa shape index (κ3) is 4.00. The van der Waals surface area contributed by atoms with Gasteiger partial charge in [-0.1, -0.05) is 41.4 Å². The van der Waals surface area contributed by atoms with E-state index in [0.29, 0.717) is 10.7 Å². The van der Waals surface area contributed by atoms with Crippen LogP contribution in [0.15, 0.2) is 48.5 Å². The lowest BCUT2D eigenvalue weighted by molar-refractivity contribution is -0.114. The average Bonchev–Trinajstić information content (AvgIpc) is 2.41. The number of aryl methyl sites for hydroxylation is 1. The van der Waals surface area contributed by atoms with Crippen LogP contribution in [0.4, 0.5) is 11.4 Å². The molecule has 98 valence electrons. The Balaban J connectivity index is 1.88. The summed E-state index contributed by atoms with van der Waals surface area (Å²) in [6.45, 7) is 2.22. The zero-order valence-corrected chi connectivity index (χ0v) is 11.4. The molecule has 0 heterocycles. The molecule has 3 nitrogen and oxygen atoms in total. The van der Waals surface area contributed by atoms with Crippen LogP contribution in [0.2, 0.25) is 5.02 Å². The summed E-state index contributed by atoms with van der Waals surface area (Å²) in [5, 5.41) is 6.35. The first kappa shape index (κ1) is 13.4. The lowest BCUT2D eigenvalue weighted by Crippen LogP contribution is -2.21. The molecule has 0 aliphatic heterocycles. The normalized spacial score (nSPS) is 10.0. The number of anilines is 2. The van der Waals surface area contributed by atoms with Gasteiger partial charge in [0.15, 0.2) is 0 Å². The van der Waals surface area contributed by atoms with Crippen molar-refractivity contribution >= 4 is 28.9 Å². The van der Waals surface area contributed by atoms with Gasteiger partial charge in [0.2, 0.25) is 5.91 Å². The number of halogens is 1. The van der Waals surface area contributed by atoms with Crippen molar-refractivity contribution in [3.05, 3.63) is 59.1 Å². The Bertz CT molecular complexity index is 567. The zero-order chi connectivity index (χ0) is 13.7. The highest BCUT2D eigenvalue weighted by atomic mass is 35.5. The minimum atomic E-state index is -0.131. The summed E-state index contributed by atoms with van der Waals surface area (Å²) in [6, 6.07) is 15.0. The van der Waals surface area contributed by atoms with Gasteiger partial charge in [0.05, 0.1) is 17.3 Å². The molecular formula is C15H15ClN2O. The fraction of sp³-hybridized carbons (Fsp3) is 0.133. The first-order valence-electron chi connectivity index (χ1n) is 6.00. The van der Waals surface area contributed by atoms with Crippen molar-refractivity contribution in [2.45, 2.75) is 6.92 Å². The van der Waals surface area contributed by atoms with Crippen molar-refractivity contribution in [1.29, 1.82) is 0 Å². The fourth-order valence-corrected chi connectivity index (χ4v) is 1.79. The van der Waals surface area contributed by atoms with E-state index >= 15 is 0 Å². The summed E-state index contributed by atoms with van der Waals surface area (Å²) in [4.78, 5) is 11.8. The molecule has 19 heavy (non-hydrogen) atoms. The van der Waals surface area contributed by atoms with Crippen LogP contribution >= 0.6 is 11.6 Å². The van der Waals surface area contributed by atoms with Gasteiger partial charge in [0, 0.05) is 5.69 Å². The highest BCUT2D eigenvalue weighted by molar-refractivity contribution is 6.33. The maximum absolute atomic E-state index is 11.8. The van der Waals surface area contributed by atoms with E-state index < -0.39 is 0 Å². The maximum Gasteiger partial charge on any atom is 0.243 e. The van der Waals surface area contributed by atoms with E-state index in [0.717, 1.165) is 5.69 Å².